The Balaban J connectivity index is 2.32. The fraction of sp³-hybridized carbons (Fsp3) is 0.600. The second-order valence-corrected chi connectivity index (χ2v) is 4.45. The average molecular weight is 228 g/mol. The molecule has 1 heterocycles. The lowest BCUT2D eigenvalue weighted by Crippen LogP contribution is -2.31. The number of carbonyl (C=O) groups is 1. The third-order valence-electron chi connectivity index (χ3n) is 1.75. The lowest BCUT2D eigenvalue weighted by Gasteiger charge is -2.12. The van der Waals surface area contributed by atoms with Crippen LogP contribution in [0.15, 0.2) is 11.6 Å². The number of nitrogens with one attached hydrogen (secondary N) is 1. The van der Waals surface area contributed by atoms with Gasteiger partial charge in [-0.15, -0.1) is 11.3 Å². The molecule has 0 fully saturated rings. The van der Waals surface area contributed by atoms with Crippen molar-refractivity contribution in [1.82, 2.24) is 10.3 Å². The Hall–Kier alpha value is -0.940. The quantitative estimate of drug-likeness (QED) is 0.835. The highest BCUT2D eigenvalue weighted by Crippen LogP contribution is 2.14. The first kappa shape index (κ1) is 12.1. The molecule has 15 heavy (non-hydrogen) atoms. The van der Waals surface area contributed by atoms with E-state index in [2.05, 4.69) is 10.3 Å². The molecule has 0 radical (unpaired) electrons. The van der Waals surface area contributed by atoms with Gasteiger partial charge in [0.1, 0.15) is 11.6 Å². The van der Waals surface area contributed by atoms with Crippen molar-refractivity contribution in [2.24, 2.45) is 0 Å². The van der Waals surface area contributed by atoms with Crippen molar-refractivity contribution in [1.29, 1.82) is 0 Å². The lowest BCUT2D eigenvalue weighted by atomic mass is 10.3. The first-order valence-electron chi connectivity index (χ1n) is 4.90. The van der Waals surface area contributed by atoms with Gasteiger partial charge in [-0.1, -0.05) is 0 Å². The van der Waals surface area contributed by atoms with Crippen LogP contribution in [-0.2, 0) is 9.53 Å². The van der Waals surface area contributed by atoms with E-state index in [1.807, 2.05) is 26.2 Å². The summed E-state index contributed by atoms with van der Waals surface area (Å²) in [6.45, 7) is 5.81. The molecule has 1 rings (SSSR count). The monoisotopic (exact) mass is 228 g/mol. The van der Waals surface area contributed by atoms with Crippen molar-refractivity contribution in [3.8, 4) is 0 Å². The van der Waals surface area contributed by atoms with E-state index in [0.29, 0.717) is 0 Å². The molecule has 0 bridgehead atoms. The third kappa shape index (κ3) is 4.40. The van der Waals surface area contributed by atoms with E-state index in [1.54, 1.807) is 6.20 Å². The zero-order chi connectivity index (χ0) is 11.3. The van der Waals surface area contributed by atoms with Crippen LogP contribution < -0.4 is 5.32 Å². The molecule has 0 aliphatic heterocycles. The molecule has 1 N–H and O–H groups in total. The zero-order valence-electron chi connectivity index (χ0n) is 9.19. The van der Waals surface area contributed by atoms with Crippen LogP contribution >= 0.6 is 11.3 Å². The van der Waals surface area contributed by atoms with Crippen molar-refractivity contribution >= 4 is 17.2 Å². The summed E-state index contributed by atoms with van der Waals surface area (Å²) >= 11 is 1.53. The summed E-state index contributed by atoms with van der Waals surface area (Å²) in [4.78, 5) is 15.5. The van der Waals surface area contributed by atoms with Crippen LogP contribution in [0.3, 0.4) is 0 Å². The van der Waals surface area contributed by atoms with Gasteiger partial charge in [0, 0.05) is 11.6 Å². The van der Waals surface area contributed by atoms with Crippen molar-refractivity contribution in [3.63, 3.8) is 0 Å². The summed E-state index contributed by atoms with van der Waals surface area (Å²) in [7, 11) is 0. The Kier molecular flexibility index (Phi) is 4.71. The van der Waals surface area contributed by atoms with Gasteiger partial charge in [-0.3, -0.25) is 4.79 Å². The van der Waals surface area contributed by atoms with Gasteiger partial charge in [0.2, 0.25) is 5.91 Å². The molecule has 84 valence electrons. The highest BCUT2D eigenvalue weighted by molar-refractivity contribution is 7.09. The standard InChI is InChI=1S/C10H16N2O2S/c1-7(2)14-6-9(13)12-8(3)10-11-4-5-15-10/h4-5,7-8H,6H2,1-3H3,(H,12,13). The second-order valence-electron chi connectivity index (χ2n) is 3.52. The predicted octanol–water partition coefficient (Wildman–Crippen LogP) is 1.75. The van der Waals surface area contributed by atoms with Gasteiger partial charge < -0.3 is 10.1 Å². The molecule has 0 aromatic carbocycles. The van der Waals surface area contributed by atoms with E-state index in [0.717, 1.165) is 5.01 Å². The summed E-state index contributed by atoms with van der Waals surface area (Å²) in [6.07, 6.45) is 1.80. The first-order chi connectivity index (χ1) is 7.09. The molecule has 0 aliphatic rings. The Labute approximate surface area is 93.7 Å². The van der Waals surface area contributed by atoms with E-state index in [-0.39, 0.29) is 24.7 Å². The molecule has 1 aromatic rings. The fourth-order valence-corrected chi connectivity index (χ4v) is 1.68. The van der Waals surface area contributed by atoms with E-state index in [4.69, 9.17) is 4.74 Å². The van der Waals surface area contributed by atoms with Crippen LogP contribution in [0.1, 0.15) is 31.8 Å². The second kappa shape index (κ2) is 5.82. The number of hydrogen-bond acceptors (Lipinski definition) is 4. The number of ether oxygens (including phenoxy) is 1. The molecule has 1 atom stereocenters. The average Bonchev–Trinajstić information content (AvgIpc) is 2.67. The molecule has 1 unspecified atom stereocenters. The molecular weight excluding hydrogens is 212 g/mol. The van der Waals surface area contributed by atoms with E-state index in [9.17, 15) is 4.79 Å². The Bertz CT molecular complexity index is 298. The minimum Gasteiger partial charge on any atom is -0.369 e. The van der Waals surface area contributed by atoms with Crippen LogP contribution in [0.4, 0.5) is 0 Å². The van der Waals surface area contributed by atoms with E-state index >= 15 is 0 Å². The van der Waals surface area contributed by atoms with E-state index in [1.165, 1.54) is 11.3 Å². The Morgan fingerprint density at radius 1 is 1.60 bits per heavy atom. The highest BCUT2D eigenvalue weighted by atomic mass is 32.1. The van der Waals surface area contributed by atoms with Gasteiger partial charge in [0.25, 0.3) is 0 Å². The summed E-state index contributed by atoms with van der Waals surface area (Å²) in [5.41, 5.74) is 0. The first-order valence-corrected chi connectivity index (χ1v) is 5.78. The number of nitrogens with zero attached hydrogens (tertiary/aromatic N) is 1. The van der Waals surface area contributed by atoms with Crippen LogP contribution in [0.2, 0.25) is 0 Å². The van der Waals surface area contributed by atoms with Gasteiger partial charge in [0.15, 0.2) is 0 Å². The Morgan fingerprint density at radius 3 is 2.87 bits per heavy atom. The molecule has 0 saturated carbocycles. The van der Waals surface area contributed by atoms with Crippen molar-refractivity contribution in [3.05, 3.63) is 16.6 Å². The molecule has 1 amide bonds. The van der Waals surface area contributed by atoms with Crippen molar-refractivity contribution in [2.45, 2.75) is 32.9 Å². The lowest BCUT2D eigenvalue weighted by molar-refractivity contribution is -0.127. The minimum atomic E-state index is -0.105. The topological polar surface area (TPSA) is 51.2 Å². The van der Waals surface area contributed by atoms with E-state index < -0.39 is 0 Å². The van der Waals surface area contributed by atoms with Gasteiger partial charge in [-0.2, -0.15) is 0 Å². The SMILES string of the molecule is CC(C)OCC(=O)NC(C)c1nccs1. The summed E-state index contributed by atoms with van der Waals surface area (Å²) in [5, 5.41) is 5.62. The molecule has 0 saturated heterocycles. The third-order valence-corrected chi connectivity index (χ3v) is 2.71. The number of carbonyl (C=O) groups excluding carboxylic acids is 1. The van der Waals surface area contributed by atoms with Gasteiger partial charge in [-0.25, -0.2) is 4.98 Å². The summed E-state index contributed by atoms with van der Waals surface area (Å²) in [5.74, 6) is -0.105. The van der Waals surface area contributed by atoms with Gasteiger partial charge in [-0.05, 0) is 20.8 Å². The maximum Gasteiger partial charge on any atom is 0.246 e. The van der Waals surface area contributed by atoms with Crippen LogP contribution in [0, 0.1) is 0 Å². The number of amides is 1. The van der Waals surface area contributed by atoms with Crippen molar-refractivity contribution in [2.75, 3.05) is 6.61 Å². The normalized spacial score (nSPS) is 12.8. The smallest absolute Gasteiger partial charge is 0.246 e. The zero-order valence-corrected chi connectivity index (χ0v) is 10.0. The molecule has 5 heteroatoms. The molecule has 0 aliphatic carbocycles. The van der Waals surface area contributed by atoms with Crippen LogP contribution in [0.5, 0.6) is 0 Å². The van der Waals surface area contributed by atoms with Crippen LogP contribution in [0.25, 0.3) is 0 Å². The number of thiazole rings is 1. The summed E-state index contributed by atoms with van der Waals surface area (Å²) in [6, 6.07) is -0.0479. The number of aromatic nitrogens is 1. The molecule has 4 nitrogen and oxygen atoms in total. The predicted molar refractivity (Wildman–Crippen MR) is 59.8 cm³/mol. The summed E-state index contributed by atoms with van der Waals surface area (Å²) < 4.78 is 5.19. The maximum atomic E-state index is 11.4. The van der Waals surface area contributed by atoms with Gasteiger partial charge in [0.05, 0.1) is 12.1 Å². The number of hydrogen-bond donors (Lipinski definition) is 1. The fourth-order valence-electron chi connectivity index (χ4n) is 1.04. The molecule has 0 spiro atoms. The molecule has 1 aromatic heterocycles. The number of rotatable bonds is 5. The molecular formula is C10H16N2O2S. The van der Waals surface area contributed by atoms with Crippen LogP contribution in [-0.4, -0.2) is 23.6 Å². The Morgan fingerprint density at radius 2 is 2.33 bits per heavy atom. The maximum absolute atomic E-state index is 11.4. The highest BCUT2D eigenvalue weighted by Gasteiger charge is 2.11. The van der Waals surface area contributed by atoms with Crippen molar-refractivity contribution < 1.29 is 9.53 Å². The minimum absolute atomic E-state index is 0.0479. The van der Waals surface area contributed by atoms with Gasteiger partial charge >= 0.3 is 0 Å². The largest absolute Gasteiger partial charge is 0.369 e.